The van der Waals surface area contributed by atoms with E-state index >= 15 is 0 Å². The number of nitrogens with one attached hydrogen (secondary N) is 2. The van der Waals surface area contributed by atoms with E-state index in [2.05, 4.69) is 10.6 Å². The van der Waals surface area contributed by atoms with Crippen molar-refractivity contribution in [3.05, 3.63) is 47.9 Å². The first kappa shape index (κ1) is 20.2. The van der Waals surface area contributed by atoms with Gasteiger partial charge in [0, 0.05) is 17.8 Å². The van der Waals surface area contributed by atoms with Gasteiger partial charge in [0.25, 0.3) is 5.91 Å². The van der Waals surface area contributed by atoms with Gasteiger partial charge in [-0.2, -0.15) is 0 Å². The van der Waals surface area contributed by atoms with Crippen LogP contribution in [0.4, 0.5) is 11.4 Å². The first-order chi connectivity index (χ1) is 12.8. The van der Waals surface area contributed by atoms with Crippen LogP contribution < -0.4 is 10.6 Å². The maximum atomic E-state index is 12.3. The topological polar surface area (TPSA) is 109 Å². The van der Waals surface area contributed by atoms with Crippen molar-refractivity contribution >= 4 is 29.2 Å². The number of rotatable bonds is 8. The fraction of sp³-hybridized carbons (Fsp3) is 0.350. The van der Waals surface area contributed by atoms with E-state index in [1.807, 2.05) is 0 Å². The summed E-state index contributed by atoms with van der Waals surface area (Å²) in [6.07, 6.45) is 2.08. The summed E-state index contributed by atoms with van der Waals surface area (Å²) in [6.45, 7) is 5.34. The molecule has 0 bridgehead atoms. The molecule has 0 unspecified atom stereocenters. The lowest BCUT2D eigenvalue weighted by Gasteiger charge is -2.25. The third-order valence-corrected chi connectivity index (χ3v) is 4.81. The van der Waals surface area contributed by atoms with Crippen molar-refractivity contribution in [1.29, 1.82) is 0 Å². The van der Waals surface area contributed by atoms with E-state index < -0.39 is 11.4 Å². The van der Waals surface area contributed by atoms with Crippen LogP contribution in [0.2, 0.25) is 0 Å². The van der Waals surface area contributed by atoms with Gasteiger partial charge in [0.15, 0.2) is 5.76 Å². The quantitative estimate of drug-likeness (QED) is 0.647. The molecule has 0 saturated heterocycles. The summed E-state index contributed by atoms with van der Waals surface area (Å²) in [7, 11) is 0. The van der Waals surface area contributed by atoms with E-state index in [-0.39, 0.29) is 24.0 Å². The lowest BCUT2D eigenvalue weighted by Crippen LogP contribution is -2.34. The minimum atomic E-state index is -1.06. The number of carbonyl (C=O) groups excluding carboxylic acids is 2. The minimum Gasteiger partial charge on any atom is -0.481 e. The highest BCUT2D eigenvalue weighted by Gasteiger charge is 2.37. The molecule has 0 fully saturated rings. The Balaban J connectivity index is 2.05. The van der Waals surface area contributed by atoms with Crippen molar-refractivity contribution in [2.24, 2.45) is 5.41 Å². The molecule has 2 aromatic rings. The largest absolute Gasteiger partial charge is 0.481 e. The van der Waals surface area contributed by atoms with Crippen LogP contribution in [0.1, 0.15) is 49.2 Å². The number of hydrogen-bond acceptors (Lipinski definition) is 4. The second-order valence-corrected chi connectivity index (χ2v) is 6.48. The molecule has 2 rings (SSSR count). The Labute approximate surface area is 157 Å². The second-order valence-electron chi connectivity index (χ2n) is 6.48. The molecule has 0 atom stereocenters. The van der Waals surface area contributed by atoms with Crippen LogP contribution in [-0.2, 0) is 9.59 Å². The van der Waals surface area contributed by atoms with Gasteiger partial charge in [-0.15, -0.1) is 0 Å². The average Bonchev–Trinajstić information content (AvgIpc) is 3.16. The molecule has 2 amide bonds. The fourth-order valence-electron chi connectivity index (χ4n) is 2.86. The number of benzene rings is 1. The summed E-state index contributed by atoms with van der Waals surface area (Å²) in [4.78, 5) is 35.9. The molecule has 144 valence electrons. The van der Waals surface area contributed by atoms with Crippen molar-refractivity contribution in [3.8, 4) is 0 Å². The van der Waals surface area contributed by atoms with Crippen molar-refractivity contribution in [1.82, 2.24) is 0 Å². The van der Waals surface area contributed by atoms with Gasteiger partial charge in [0.2, 0.25) is 5.91 Å². The van der Waals surface area contributed by atoms with Gasteiger partial charge >= 0.3 is 5.97 Å². The molecule has 7 heteroatoms. The van der Waals surface area contributed by atoms with E-state index in [0.717, 1.165) is 5.56 Å². The van der Waals surface area contributed by atoms with Crippen LogP contribution >= 0.6 is 0 Å². The monoisotopic (exact) mass is 372 g/mol. The fourth-order valence-corrected chi connectivity index (χ4v) is 2.86. The minimum absolute atomic E-state index is 0.0919. The van der Waals surface area contributed by atoms with E-state index in [0.29, 0.717) is 24.2 Å². The van der Waals surface area contributed by atoms with Gasteiger partial charge in [-0.1, -0.05) is 13.8 Å². The predicted octanol–water partition coefficient (Wildman–Crippen LogP) is 4.06. The SMILES string of the molecule is CCC(CC)(CC(=O)Nc1ccc(NC(=O)c2ccco2)c(C)c1)C(=O)O. The number of amides is 2. The average molecular weight is 372 g/mol. The van der Waals surface area contributed by atoms with Crippen molar-refractivity contribution < 1.29 is 23.9 Å². The standard InChI is InChI=1S/C20H24N2O5/c1-4-20(5-2,19(25)26)12-17(23)21-14-8-9-15(13(3)11-14)22-18(24)16-7-6-10-27-16/h6-11H,4-5,12H2,1-3H3,(H,21,23)(H,22,24)(H,25,26). The Morgan fingerprint density at radius 2 is 1.81 bits per heavy atom. The Morgan fingerprint density at radius 3 is 2.33 bits per heavy atom. The van der Waals surface area contributed by atoms with Crippen LogP contribution in [0.3, 0.4) is 0 Å². The maximum absolute atomic E-state index is 12.3. The molecule has 27 heavy (non-hydrogen) atoms. The molecule has 0 aliphatic rings. The zero-order valence-corrected chi connectivity index (χ0v) is 15.7. The summed E-state index contributed by atoms with van der Waals surface area (Å²) in [6, 6.07) is 8.24. The zero-order valence-electron chi connectivity index (χ0n) is 15.7. The van der Waals surface area contributed by atoms with Crippen molar-refractivity contribution in [2.75, 3.05) is 10.6 Å². The zero-order chi connectivity index (χ0) is 20.0. The Bertz CT molecular complexity index is 823. The lowest BCUT2D eigenvalue weighted by molar-refractivity contribution is -0.151. The second kappa shape index (κ2) is 8.53. The third kappa shape index (κ3) is 4.75. The highest BCUT2D eigenvalue weighted by molar-refractivity contribution is 6.03. The molecule has 0 spiro atoms. The molecule has 3 N–H and O–H groups in total. The number of aliphatic carboxylic acids is 1. The van der Waals surface area contributed by atoms with E-state index in [9.17, 15) is 19.5 Å². The highest BCUT2D eigenvalue weighted by Crippen LogP contribution is 2.31. The molecule has 0 radical (unpaired) electrons. The van der Waals surface area contributed by atoms with Crippen LogP contribution in [0.5, 0.6) is 0 Å². The summed E-state index contributed by atoms with van der Waals surface area (Å²) >= 11 is 0. The van der Waals surface area contributed by atoms with Gasteiger partial charge in [0.05, 0.1) is 11.7 Å². The number of aryl methyl sites for hydroxylation is 1. The summed E-state index contributed by atoms with van der Waals surface area (Å²) in [5.74, 6) is -1.48. The third-order valence-electron chi connectivity index (χ3n) is 4.81. The molecule has 0 aliphatic carbocycles. The number of furan rings is 1. The molecule has 1 aromatic carbocycles. The van der Waals surface area contributed by atoms with Gasteiger partial charge in [-0.05, 0) is 55.7 Å². The molecule has 0 aliphatic heterocycles. The molecule has 1 heterocycles. The van der Waals surface area contributed by atoms with Gasteiger partial charge in [-0.25, -0.2) is 0 Å². The van der Waals surface area contributed by atoms with Gasteiger partial charge < -0.3 is 20.2 Å². The number of hydrogen-bond donors (Lipinski definition) is 3. The van der Waals surface area contributed by atoms with Crippen molar-refractivity contribution in [3.63, 3.8) is 0 Å². The molecule has 0 saturated carbocycles. The van der Waals surface area contributed by atoms with E-state index in [1.54, 1.807) is 51.1 Å². The van der Waals surface area contributed by atoms with Gasteiger partial charge in [0.1, 0.15) is 0 Å². The van der Waals surface area contributed by atoms with Crippen molar-refractivity contribution in [2.45, 2.75) is 40.0 Å². The smallest absolute Gasteiger partial charge is 0.310 e. The Hall–Kier alpha value is -3.09. The van der Waals surface area contributed by atoms with Gasteiger partial charge in [-0.3, -0.25) is 14.4 Å². The van der Waals surface area contributed by atoms with Crippen LogP contribution in [0.15, 0.2) is 41.0 Å². The molecule has 7 nitrogen and oxygen atoms in total. The van der Waals surface area contributed by atoms with Crippen LogP contribution in [-0.4, -0.2) is 22.9 Å². The van der Waals surface area contributed by atoms with Crippen LogP contribution in [0, 0.1) is 12.3 Å². The summed E-state index contributed by atoms with van der Waals surface area (Å²) in [5, 5.41) is 14.9. The number of carbonyl (C=O) groups is 3. The maximum Gasteiger partial charge on any atom is 0.310 e. The lowest BCUT2D eigenvalue weighted by atomic mass is 9.79. The highest BCUT2D eigenvalue weighted by atomic mass is 16.4. The summed E-state index contributed by atoms with van der Waals surface area (Å²) in [5.41, 5.74) is 0.829. The molecule has 1 aromatic heterocycles. The summed E-state index contributed by atoms with van der Waals surface area (Å²) < 4.78 is 5.05. The Kier molecular flexibility index (Phi) is 6.39. The Morgan fingerprint density at radius 1 is 1.11 bits per heavy atom. The molecular weight excluding hydrogens is 348 g/mol. The number of anilines is 2. The van der Waals surface area contributed by atoms with E-state index in [4.69, 9.17) is 4.42 Å². The first-order valence-corrected chi connectivity index (χ1v) is 8.80. The predicted molar refractivity (Wildman–Crippen MR) is 102 cm³/mol. The van der Waals surface area contributed by atoms with Crippen LogP contribution in [0.25, 0.3) is 0 Å². The van der Waals surface area contributed by atoms with E-state index in [1.165, 1.54) is 6.26 Å². The number of carboxylic acid groups (broad SMARTS) is 1. The number of carboxylic acids is 1. The normalized spacial score (nSPS) is 11.1. The first-order valence-electron chi connectivity index (χ1n) is 8.80. The molecular formula is C20H24N2O5.